The number of carboxylic acids is 1. The number of primary amides is 1. The van der Waals surface area contributed by atoms with E-state index in [0.29, 0.717) is 0 Å². The third-order valence-corrected chi connectivity index (χ3v) is 1.16. The second-order valence-electron chi connectivity index (χ2n) is 2.34. The SMILES string of the molecule is CC(=O)N[C@@H](CNC(N)=O)C(=O)O. The minimum atomic E-state index is -1.23. The summed E-state index contributed by atoms with van der Waals surface area (Å²) < 4.78 is 0. The lowest BCUT2D eigenvalue weighted by Crippen LogP contribution is -2.48. The molecule has 0 bridgehead atoms. The van der Waals surface area contributed by atoms with Crippen molar-refractivity contribution in [1.29, 1.82) is 0 Å². The Morgan fingerprint density at radius 1 is 1.46 bits per heavy atom. The van der Waals surface area contributed by atoms with Crippen molar-refractivity contribution in [1.82, 2.24) is 10.6 Å². The van der Waals surface area contributed by atoms with Crippen LogP contribution in [0.1, 0.15) is 6.92 Å². The van der Waals surface area contributed by atoms with Crippen LogP contribution in [0.25, 0.3) is 0 Å². The van der Waals surface area contributed by atoms with Crippen LogP contribution < -0.4 is 16.4 Å². The molecule has 0 saturated carbocycles. The number of rotatable bonds is 4. The van der Waals surface area contributed by atoms with Gasteiger partial charge >= 0.3 is 12.0 Å². The van der Waals surface area contributed by atoms with E-state index in [-0.39, 0.29) is 6.54 Å². The highest BCUT2D eigenvalue weighted by Crippen LogP contribution is 1.81. The first kappa shape index (κ1) is 11.2. The van der Waals surface area contributed by atoms with Crippen LogP contribution >= 0.6 is 0 Å². The second kappa shape index (κ2) is 4.96. The highest BCUT2D eigenvalue weighted by molar-refractivity contribution is 5.83. The highest BCUT2D eigenvalue weighted by atomic mass is 16.4. The molecule has 0 aliphatic rings. The quantitative estimate of drug-likeness (QED) is 0.418. The van der Waals surface area contributed by atoms with Gasteiger partial charge in [-0.3, -0.25) is 4.79 Å². The molecule has 0 aromatic heterocycles. The molecule has 0 aromatic carbocycles. The molecule has 1 atom stereocenters. The predicted molar refractivity (Wildman–Crippen MR) is 42.8 cm³/mol. The van der Waals surface area contributed by atoms with Crippen molar-refractivity contribution >= 4 is 17.9 Å². The zero-order valence-electron chi connectivity index (χ0n) is 7.03. The van der Waals surface area contributed by atoms with E-state index in [1.54, 1.807) is 0 Å². The molecule has 0 aromatic rings. The van der Waals surface area contributed by atoms with E-state index in [9.17, 15) is 14.4 Å². The Labute approximate surface area is 74.3 Å². The first-order valence-corrected chi connectivity index (χ1v) is 3.46. The lowest BCUT2D eigenvalue weighted by molar-refractivity contribution is -0.141. The lowest BCUT2D eigenvalue weighted by atomic mass is 10.3. The molecule has 13 heavy (non-hydrogen) atoms. The fourth-order valence-electron chi connectivity index (χ4n) is 0.648. The van der Waals surface area contributed by atoms with Crippen molar-refractivity contribution in [2.75, 3.05) is 6.54 Å². The summed E-state index contributed by atoms with van der Waals surface area (Å²) in [4.78, 5) is 31.1. The molecule has 7 nitrogen and oxygen atoms in total. The smallest absolute Gasteiger partial charge is 0.328 e. The normalized spacial score (nSPS) is 11.5. The maximum Gasteiger partial charge on any atom is 0.328 e. The number of nitrogens with one attached hydrogen (secondary N) is 2. The third kappa shape index (κ3) is 5.48. The summed E-state index contributed by atoms with van der Waals surface area (Å²) >= 11 is 0. The molecule has 3 amide bonds. The van der Waals surface area contributed by atoms with Gasteiger partial charge < -0.3 is 21.5 Å². The van der Waals surface area contributed by atoms with Crippen molar-refractivity contribution in [2.24, 2.45) is 5.73 Å². The van der Waals surface area contributed by atoms with Crippen molar-refractivity contribution in [3.63, 3.8) is 0 Å². The lowest BCUT2D eigenvalue weighted by Gasteiger charge is -2.12. The Bertz CT molecular complexity index is 228. The summed E-state index contributed by atoms with van der Waals surface area (Å²) in [6.07, 6.45) is 0. The minimum Gasteiger partial charge on any atom is -0.480 e. The number of nitrogens with two attached hydrogens (primary N) is 1. The van der Waals surface area contributed by atoms with Crippen molar-refractivity contribution in [2.45, 2.75) is 13.0 Å². The molecule has 7 heteroatoms. The van der Waals surface area contributed by atoms with Gasteiger partial charge in [0.2, 0.25) is 5.91 Å². The van der Waals surface area contributed by atoms with Gasteiger partial charge in [0, 0.05) is 6.92 Å². The van der Waals surface area contributed by atoms with Crippen LogP contribution in [0, 0.1) is 0 Å². The van der Waals surface area contributed by atoms with Gasteiger partial charge in [-0.25, -0.2) is 9.59 Å². The molecule has 0 aliphatic heterocycles. The van der Waals surface area contributed by atoms with Gasteiger partial charge in [-0.1, -0.05) is 0 Å². The number of hydrogen-bond acceptors (Lipinski definition) is 3. The molecule has 0 fully saturated rings. The maximum atomic E-state index is 10.5. The zero-order valence-corrected chi connectivity index (χ0v) is 7.03. The first-order valence-electron chi connectivity index (χ1n) is 3.46. The molecule has 0 unspecified atom stereocenters. The van der Waals surface area contributed by atoms with E-state index in [1.165, 1.54) is 6.92 Å². The zero-order chi connectivity index (χ0) is 10.4. The summed E-state index contributed by atoms with van der Waals surface area (Å²) in [7, 11) is 0. The number of amides is 3. The molecule has 0 saturated heterocycles. The Balaban J connectivity index is 4.02. The Morgan fingerprint density at radius 2 is 2.00 bits per heavy atom. The van der Waals surface area contributed by atoms with Crippen LogP contribution in [0.15, 0.2) is 0 Å². The minimum absolute atomic E-state index is 0.232. The van der Waals surface area contributed by atoms with Crippen molar-refractivity contribution in [3.8, 4) is 0 Å². The van der Waals surface area contributed by atoms with E-state index in [1.807, 2.05) is 0 Å². The number of carboxylic acid groups (broad SMARTS) is 1. The Kier molecular flexibility index (Phi) is 4.28. The fourth-order valence-corrected chi connectivity index (χ4v) is 0.648. The second-order valence-corrected chi connectivity index (χ2v) is 2.34. The van der Waals surface area contributed by atoms with Gasteiger partial charge in [0.05, 0.1) is 6.54 Å². The van der Waals surface area contributed by atoms with E-state index in [0.717, 1.165) is 0 Å². The van der Waals surface area contributed by atoms with Gasteiger partial charge in [0.1, 0.15) is 6.04 Å². The third-order valence-electron chi connectivity index (χ3n) is 1.16. The standard InChI is InChI=1S/C6H11N3O4/c1-3(10)9-4(5(11)12)2-8-6(7)13/h4H,2H2,1H3,(H,9,10)(H,11,12)(H3,7,8,13)/t4-/m0/s1. The molecule has 0 spiro atoms. The Morgan fingerprint density at radius 3 is 2.31 bits per heavy atom. The fraction of sp³-hybridized carbons (Fsp3) is 0.500. The van der Waals surface area contributed by atoms with Crippen LogP contribution in [0.2, 0.25) is 0 Å². The van der Waals surface area contributed by atoms with E-state index in [2.05, 4.69) is 10.6 Å². The van der Waals surface area contributed by atoms with E-state index in [4.69, 9.17) is 10.8 Å². The summed E-state index contributed by atoms with van der Waals surface area (Å²) in [5.41, 5.74) is 4.72. The average Bonchev–Trinajstić information content (AvgIpc) is 1.96. The van der Waals surface area contributed by atoms with Crippen molar-refractivity contribution < 1.29 is 19.5 Å². The average molecular weight is 189 g/mol. The number of aliphatic carboxylic acids is 1. The number of hydrogen-bond donors (Lipinski definition) is 4. The van der Waals surface area contributed by atoms with Gasteiger partial charge in [0.25, 0.3) is 0 Å². The van der Waals surface area contributed by atoms with Crippen LogP contribution in [-0.2, 0) is 9.59 Å². The van der Waals surface area contributed by atoms with Gasteiger partial charge in [-0.15, -0.1) is 0 Å². The summed E-state index contributed by atoms with van der Waals surface area (Å²) in [6, 6.07) is -1.98. The molecule has 0 rings (SSSR count). The number of urea groups is 1. The van der Waals surface area contributed by atoms with Gasteiger partial charge in [-0.2, -0.15) is 0 Å². The molecular formula is C6H11N3O4. The molecular weight excluding hydrogens is 178 g/mol. The summed E-state index contributed by atoms with van der Waals surface area (Å²) in [5.74, 6) is -1.72. The summed E-state index contributed by atoms with van der Waals surface area (Å²) in [6.45, 7) is 0.949. The van der Waals surface area contributed by atoms with E-state index >= 15 is 0 Å². The van der Waals surface area contributed by atoms with E-state index < -0.39 is 23.9 Å². The molecule has 0 radical (unpaired) electrons. The topological polar surface area (TPSA) is 122 Å². The predicted octanol–water partition coefficient (Wildman–Crippen LogP) is -1.76. The summed E-state index contributed by atoms with van der Waals surface area (Å²) in [5, 5.41) is 12.7. The van der Waals surface area contributed by atoms with Gasteiger partial charge in [-0.05, 0) is 0 Å². The maximum absolute atomic E-state index is 10.5. The van der Waals surface area contributed by atoms with Crippen LogP contribution in [0.3, 0.4) is 0 Å². The number of carbonyl (C=O) groups excluding carboxylic acids is 2. The van der Waals surface area contributed by atoms with Crippen LogP contribution in [-0.4, -0.2) is 35.6 Å². The van der Waals surface area contributed by atoms with Crippen LogP contribution in [0.5, 0.6) is 0 Å². The Hall–Kier alpha value is -1.79. The van der Waals surface area contributed by atoms with Crippen molar-refractivity contribution in [3.05, 3.63) is 0 Å². The molecule has 0 aliphatic carbocycles. The van der Waals surface area contributed by atoms with Gasteiger partial charge in [0.15, 0.2) is 0 Å². The highest BCUT2D eigenvalue weighted by Gasteiger charge is 2.18. The first-order chi connectivity index (χ1) is 5.93. The largest absolute Gasteiger partial charge is 0.480 e. The molecule has 5 N–H and O–H groups in total. The van der Waals surface area contributed by atoms with Crippen LogP contribution in [0.4, 0.5) is 4.79 Å². The molecule has 74 valence electrons. The number of carbonyl (C=O) groups is 3. The monoisotopic (exact) mass is 189 g/mol. The molecule has 0 heterocycles.